The van der Waals surface area contributed by atoms with E-state index in [-0.39, 0.29) is 6.61 Å². The molecule has 2 aromatic rings. The molecule has 0 aliphatic heterocycles. The number of hydrogen-bond donors (Lipinski definition) is 0. The predicted octanol–water partition coefficient (Wildman–Crippen LogP) is 2.28. The molecule has 5 nitrogen and oxygen atoms in total. The lowest BCUT2D eigenvalue weighted by Gasteiger charge is -2.20. The van der Waals surface area contributed by atoms with Crippen LogP contribution in [0.25, 0.3) is 11.0 Å². The highest BCUT2D eigenvalue weighted by atomic mass is 16.5. The van der Waals surface area contributed by atoms with Crippen LogP contribution in [0.2, 0.25) is 0 Å². The van der Waals surface area contributed by atoms with Crippen molar-refractivity contribution in [3.05, 3.63) is 35.7 Å². The molecule has 2 rings (SSSR count). The number of nitriles is 1. The minimum absolute atomic E-state index is 0.218. The number of carbonyl (C=O) groups is 1. The number of fused-ring (bicyclic) bond motifs is 1. The van der Waals surface area contributed by atoms with E-state index in [2.05, 4.69) is 9.97 Å². The summed E-state index contributed by atoms with van der Waals surface area (Å²) >= 11 is 0. The van der Waals surface area contributed by atoms with E-state index in [0.29, 0.717) is 16.9 Å². The zero-order valence-electron chi connectivity index (χ0n) is 11.7. The zero-order chi connectivity index (χ0) is 14.8. The molecular formula is C15H15N3O2. The molecule has 1 atom stereocenters. The van der Waals surface area contributed by atoms with Gasteiger partial charge in [-0.05, 0) is 32.9 Å². The fourth-order valence-corrected chi connectivity index (χ4v) is 2.03. The van der Waals surface area contributed by atoms with Crippen LogP contribution in [-0.2, 0) is 14.9 Å². The molecule has 0 N–H and O–H groups in total. The summed E-state index contributed by atoms with van der Waals surface area (Å²) in [7, 11) is 0. The van der Waals surface area contributed by atoms with Gasteiger partial charge in [-0.15, -0.1) is 0 Å². The first-order valence-corrected chi connectivity index (χ1v) is 6.35. The molecule has 0 fully saturated rings. The van der Waals surface area contributed by atoms with E-state index < -0.39 is 11.4 Å². The second kappa shape index (κ2) is 5.25. The third-order valence-electron chi connectivity index (χ3n) is 3.13. The Morgan fingerprint density at radius 3 is 2.50 bits per heavy atom. The van der Waals surface area contributed by atoms with Gasteiger partial charge in [-0.25, -0.2) is 14.8 Å². The summed E-state index contributed by atoms with van der Waals surface area (Å²) in [4.78, 5) is 20.9. The molecule has 0 bridgehead atoms. The van der Waals surface area contributed by atoms with Crippen molar-refractivity contribution >= 4 is 17.0 Å². The number of ether oxygens (including phenoxy) is 1. The minimum atomic E-state index is -1.45. The van der Waals surface area contributed by atoms with Crippen LogP contribution in [0.1, 0.15) is 25.2 Å². The topological polar surface area (TPSA) is 75.9 Å². The van der Waals surface area contributed by atoms with Crippen LogP contribution in [0.5, 0.6) is 0 Å². The third-order valence-corrected chi connectivity index (χ3v) is 3.13. The number of para-hydroxylation sites is 2. The Kier molecular flexibility index (Phi) is 3.66. The van der Waals surface area contributed by atoms with Crippen LogP contribution in [-0.4, -0.2) is 22.5 Å². The first-order valence-electron chi connectivity index (χ1n) is 6.35. The van der Waals surface area contributed by atoms with Gasteiger partial charge in [-0.1, -0.05) is 12.1 Å². The number of aromatic nitrogens is 2. The average molecular weight is 269 g/mol. The Morgan fingerprint density at radius 2 is 1.95 bits per heavy atom. The van der Waals surface area contributed by atoms with Gasteiger partial charge in [0, 0.05) is 0 Å². The molecule has 102 valence electrons. The minimum Gasteiger partial charge on any atom is -0.465 e. The van der Waals surface area contributed by atoms with Crippen molar-refractivity contribution in [2.75, 3.05) is 6.61 Å². The average Bonchev–Trinajstić information content (AvgIpc) is 2.46. The number of rotatable bonds is 3. The van der Waals surface area contributed by atoms with Crippen molar-refractivity contribution in [2.24, 2.45) is 0 Å². The van der Waals surface area contributed by atoms with Gasteiger partial charge < -0.3 is 4.74 Å². The molecule has 0 amide bonds. The molecule has 1 aromatic carbocycles. The van der Waals surface area contributed by atoms with E-state index in [4.69, 9.17) is 4.74 Å². The van der Waals surface area contributed by atoms with Crippen molar-refractivity contribution in [3.8, 4) is 6.07 Å². The van der Waals surface area contributed by atoms with Gasteiger partial charge in [0.1, 0.15) is 0 Å². The SMILES string of the molecule is CCOC(=O)C(C)(C#N)c1nc2ccccc2nc1C. The fourth-order valence-electron chi connectivity index (χ4n) is 2.03. The second-order valence-corrected chi connectivity index (χ2v) is 4.60. The van der Waals surface area contributed by atoms with E-state index in [1.54, 1.807) is 19.9 Å². The van der Waals surface area contributed by atoms with Crippen molar-refractivity contribution in [3.63, 3.8) is 0 Å². The first-order chi connectivity index (χ1) is 9.52. The Labute approximate surface area is 117 Å². The molecule has 0 saturated carbocycles. The standard InChI is InChI=1S/C15H15N3O2/c1-4-20-14(19)15(3,9-16)13-10(2)17-11-7-5-6-8-12(11)18-13/h5-8H,4H2,1-3H3. The molecule has 1 heterocycles. The molecular weight excluding hydrogens is 254 g/mol. The molecule has 0 spiro atoms. The molecule has 1 unspecified atom stereocenters. The highest BCUT2D eigenvalue weighted by Crippen LogP contribution is 2.27. The van der Waals surface area contributed by atoms with Crippen LogP contribution in [0.4, 0.5) is 0 Å². The maximum atomic E-state index is 12.1. The predicted molar refractivity (Wildman–Crippen MR) is 73.9 cm³/mol. The van der Waals surface area contributed by atoms with Crippen molar-refractivity contribution < 1.29 is 9.53 Å². The number of nitrogens with zero attached hydrogens (tertiary/aromatic N) is 3. The van der Waals surface area contributed by atoms with Gasteiger partial charge in [0.25, 0.3) is 0 Å². The molecule has 0 aliphatic carbocycles. The molecule has 0 saturated heterocycles. The lowest BCUT2D eigenvalue weighted by Crippen LogP contribution is -2.35. The number of hydrogen-bond acceptors (Lipinski definition) is 5. The third kappa shape index (κ3) is 2.21. The summed E-state index contributed by atoms with van der Waals surface area (Å²) in [5.41, 5.74) is 0.839. The molecule has 20 heavy (non-hydrogen) atoms. The lowest BCUT2D eigenvalue weighted by atomic mass is 9.87. The van der Waals surface area contributed by atoms with Crippen molar-refractivity contribution in [1.82, 2.24) is 9.97 Å². The van der Waals surface area contributed by atoms with E-state index >= 15 is 0 Å². The maximum Gasteiger partial charge on any atom is 0.332 e. The quantitative estimate of drug-likeness (QED) is 0.799. The van der Waals surface area contributed by atoms with E-state index in [1.165, 1.54) is 6.92 Å². The highest BCUT2D eigenvalue weighted by molar-refractivity contribution is 5.87. The van der Waals surface area contributed by atoms with Gasteiger partial charge in [0.05, 0.1) is 35.1 Å². The van der Waals surface area contributed by atoms with Crippen LogP contribution in [0.15, 0.2) is 24.3 Å². The Balaban J connectivity index is 2.63. The molecule has 0 aliphatic rings. The fraction of sp³-hybridized carbons (Fsp3) is 0.333. The summed E-state index contributed by atoms with van der Waals surface area (Å²) in [6.45, 7) is 5.17. The number of aryl methyl sites for hydroxylation is 1. The Bertz CT molecular complexity index is 706. The Hall–Kier alpha value is -2.48. The largest absolute Gasteiger partial charge is 0.465 e. The monoisotopic (exact) mass is 269 g/mol. The van der Waals surface area contributed by atoms with Gasteiger partial charge in [-0.2, -0.15) is 5.26 Å². The zero-order valence-corrected chi connectivity index (χ0v) is 11.7. The molecule has 0 radical (unpaired) electrons. The molecule has 1 aromatic heterocycles. The van der Waals surface area contributed by atoms with Crippen molar-refractivity contribution in [2.45, 2.75) is 26.2 Å². The van der Waals surface area contributed by atoms with Gasteiger partial charge in [-0.3, -0.25) is 0 Å². The summed E-state index contributed by atoms with van der Waals surface area (Å²) in [6, 6.07) is 9.35. The van der Waals surface area contributed by atoms with Crippen LogP contribution in [0.3, 0.4) is 0 Å². The van der Waals surface area contributed by atoms with E-state index in [9.17, 15) is 10.1 Å². The maximum absolute atomic E-state index is 12.1. The van der Waals surface area contributed by atoms with Crippen LogP contribution < -0.4 is 0 Å². The van der Waals surface area contributed by atoms with E-state index in [1.807, 2.05) is 24.3 Å². The van der Waals surface area contributed by atoms with Gasteiger partial charge >= 0.3 is 5.97 Å². The Morgan fingerprint density at radius 1 is 1.35 bits per heavy atom. The number of benzene rings is 1. The highest BCUT2D eigenvalue weighted by Gasteiger charge is 2.40. The van der Waals surface area contributed by atoms with Gasteiger partial charge in [0.15, 0.2) is 5.41 Å². The normalized spacial score (nSPS) is 13.5. The summed E-state index contributed by atoms with van der Waals surface area (Å²) in [6.07, 6.45) is 0. The van der Waals surface area contributed by atoms with Crippen LogP contribution >= 0.6 is 0 Å². The number of carbonyl (C=O) groups excluding carboxylic acids is 1. The van der Waals surface area contributed by atoms with Crippen LogP contribution in [0, 0.1) is 18.3 Å². The summed E-state index contributed by atoms with van der Waals surface area (Å²) in [5.74, 6) is -0.602. The number of esters is 1. The van der Waals surface area contributed by atoms with Gasteiger partial charge in [0.2, 0.25) is 0 Å². The van der Waals surface area contributed by atoms with Crippen molar-refractivity contribution in [1.29, 1.82) is 5.26 Å². The smallest absolute Gasteiger partial charge is 0.332 e. The molecule has 5 heteroatoms. The summed E-state index contributed by atoms with van der Waals surface area (Å²) in [5, 5.41) is 9.41. The summed E-state index contributed by atoms with van der Waals surface area (Å²) < 4.78 is 4.99. The van der Waals surface area contributed by atoms with E-state index in [0.717, 1.165) is 5.52 Å². The lowest BCUT2D eigenvalue weighted by molar-refractivity contribution is -0.147. The first kappa shape index (κ1) is 13.9. The second-order valence-electron chi connectivity index (χ2n) is 4.60.